The van der Waals surface area contributed by atoms with Gasteiger partial charge in [0.1, 0.15) is 17.3 Å². The van der Waals surface area contributed by atoms with Gasteiger partial charge < -0.3 is 20.2 Å². The molecular formula is C31H33N7O6S. The van der Waals surface area contributed by atoms with E-state index in [0.717, 1.165) is 26.7 Å². The summed E-state index contributed by atoms with van der Waals surface area (Å²) in [6.45, 7) is 2.54. The fraction of sp³-hybridized carbons (Fsp3) is 0.258. The molecule has 0 aliphatic carbocycles. The number of fused-ring (bicyclic) bond motifs is 1. The van der Waals surface area contributed by atoms with Gasteiger partial charge in [0.15, 0.2) is 16.4 Å². The molecule has 14 heteroatoms. The van der Waals surface area contributed by atoms with Crippen LogP contribution in [0.1, 0.15) is 18.1 Å². The van der Waals surface area contributed by atoms with Crippen molar-refractivity contribution in [2.45, 2.75) is 25.1 Å². The molecule has 2 heterocycles. The molecule has 1 amide bonds. The number of hydrogen-bond donors (Lipinski definition) is 2. The average Bonchev–Trinajstić information content (AvgIpc) is 3.43. The quantitative estimate of drug-likeness (QED) is 0.210. The topological polar surface area (TPSA) is 175 Å². The highest BCUT2D eigenvalue weighted by molar-refractivity contribution is 7.90. The highest BCUT2D eigenvalue weighted by Crippen LogP contribution is 2.33. The first-order chi connectivity index (χ1) is 21.5. The predicted octanol–water partition coefficient (Wildman–Crippen LogP) is 2.59. The van der Waals surface area contributed by atoms with Crippen LogP contribution in [0.3, 0.4) is 0 Å². The number of sulfonamides is 1. The van der Waals surface area contributed by atoms with Crippen LogP contribution in [0, 0.1) is 0 Å². The molecule has 1 atom stereocenters. The van der Waals surface area contributed by atoms with E-state index in [4.69, 9.17) is 20.2 Å². The normalized spacial score (nSPS) is 12.4. The largest absolute Gasteiger partial charge is 0.497 e. The van der Waals surface area contributed by atoms with E-state index < -0.39 is 26.7 Å². The number of amides is 1. The van der Waals surface area contributed by atoms with E-state index in [1.165, 1.54) is 14.1 Å². The summed E-state index contributed by atoms with van der Waals surface area (Å²) in [4.78, 5) is 32.6. The Morgan fingerprint density at radius 1 is 1.04 bits per heavy atom. The summed E-state index contributed by atoms with van der Waals surface area (Å²) < 4.78 is 39.2. The molecule has 5 rings (SSSR count). The number of aromatic amines is 1. The maximum absolute atomic E-state index is 13.0. The fourth-order valence-corrected chi connectivity index (χ4v) is 6.08. The van der Waals surface area contributed by atoms with Crippen LogP contribution >= 0.6 is 0 Å². The van der Waals surface area contributed by atoms with Gasteiger partial charge in [0.2, 0.25) is 15.9 Å². The zero-order valence-corrected chi connectivity index (χ0v) is 26.0. The van der Waals surface area contributed by atoms with E-state index in [1.807, 2.05) is 49.4 Å². The summed E-state index contributed by atoms with van der Waals surface area (Å²) in [7, 11) is 0.411. The molecule has 0 aliphatic rings. The Kier molecular flexibility index (Phi) is 8.97. The Balaban J connectivity index is 1.50. The molecule has 3 aromatic carbocycles. The lowest BCUT2D eigenvalue weighted by Crippen LogP contribution is -2.43. The lowest BCUT2D eigenvalue weighted by molar-refractivity contribution is -0.117. The van der Waals surface area contributed by atoms with E-state index in [2.05, 4.69) is 15.3 Å². The molecule has 5 aromatic rings. The number of nitrogens with two attached hydrogens (primary N) is 1. The van der Waals surface area contributed by atoms with Crippen LogP contribution in [0.4, 0.5) is 0 Å². The molecule has 2 aromatic heterocycles. The lowest BCUT2D eigenvalue weighted by Gasteiger charge is -2.19. The van der Waals surface area contributed by atoms with Gasteiger partial charge in [0, 0.05) is 14.1 Å². The molecule has 0 bridgehead atoms. The van der Waals surface area contributed by atoms with Gasteiger partial charge in [-0.3, -0.25) is 9.59 Å². The summed E-state index contributed by atoms with van der Waals surface area (Å²) in [5.41, 5.74) is 9.11. The number of methoxy groups -OCH3 is 1. The lowest BCUT2D eigenvalue weighted by atomic mass is 9.99. The number of ether oxygens (including phenoxy) is 2. The molecule has 0 saturated carbocycles. The van der Waals surface area contributed by atoms with Gasteiger partial charge in [0.05, 0.1) is 25.8 Å². The first kappa shape index (κ1) is 31.3. The van der Waals surface area contributed by atoms with Crippen molar-refractivity contribution in [3.05, 3.63) is 88.2 Å². The van der Waals surface area contributed by atoms with Crippen LogP contribution in [-0.4, -0.2) is 76.7 Å². The minimum absolute atomic E-state index is 0.0799. The smallest absolute Gasteiger partial charge is 0.281 e. The molecule has 45 heavy (non-hydrogen) atoms. The number of primary amides is 1. The molecule has 234 valence electrons. The fourth-order valence-electron chi connectivity index (χ4n) is 4.88. The molecular weight excluding hydrogens is 598 g/mol. The zero-order chi connectivity index (χ0) is 32.3. The summed E-state index contributed by atoms with van der Waals surface area (Å²) >= 11 is 0. The summed E-state index contributed by atoms with van der Waals surface area (Å²) in [6.07, 6.45) is -0.0799. The number of hydrogen-bond acceptors (Lipinski definition) is 9. The third kappa shape index (κ3) is 6.56. The van der Waals surface area contributed by atoms with Gasteiger partial charge in [0.25, 0.3) is 5.56 Å². The number of nitrogens with one attached hydrogen (secondary N) is 1. The van der Waals surface area contributed by atoms with Crippen molar-refractivity contribution in [2.24, 2.45) is 5.73 Å². The minimum atomic E-state index is -3.92. The Bertz CT molecular complexity index is 2020. The number of nitrogens with zero attached hydrogens (tertiary/aromatic N) is 5. The van der Waals surface area contributed by atoms with E-state index in [-0.39, 0.29) is 17.8 Å². The van der Waals surface area contributed by atoms with Crippen molar-refractivity contribution in [1.82, 2.24) is 29.3 Å². The van der Waals surface area contributed by atoms with Crippen LogP contribution in [0.25, 0.3) is 33.7 Å². The van der Waals surface area contributed by atoms with Crippen molar-refractivity contribution in [3.8, 4) is 34.0 Å². The molecule has 13 nitrogen and oxygen atoms in total. The Morgan fingerprint density at radius 3 is 2.44 bits per heavy atom. The van der Waals surface area contributed by atoms with Gasteiger partial charge in [-0.2, -0.15) is 0 Å². The van der Waals surface area contributed by atoms with E-state index in [0.29, 0.717) is 35.7 Å². The van der Waals surface area contributed by atoms with Crippen molar-refractivity contribution in [1.29, 1.82) is 0 Å². The minimum Gasteiger partial charge on any atom is -0.497 e. The number of benzene rings is 3. The average molecular weight is 632 g/mol. The Labute approximate surface area is 259 Å². The summed E-state index contributed by atoms with van der Waals surface area (Å²) in [5, 5.41) is 6.79. The summed E-state index contributed by atoms with van der Waals surface area (Å²) in [5.74, 6) is 0.566. The molecule has 0 fully saturated rings. The standard InChI is InChI=1S/C31H33N7O6S/c1-5-44-25-17-22(21-8-6-7-20(15-21)16-26(28(32)39)45(41,42)37(2)3)11-14-24(25)29-33-30-27(31(40)34-29)35-36-38(30)18-19-9-12-23(43-4)13-10-19/h6-15,17,26H,5,16,18H2,1-4H3,(H2,32,39)(H,33,34,40). The molecule has 0 radical (unpaired) electrons. The zero-order valence-electron chi connectivity index (χ0n) is 25.2. The highest BCUT2D eigenvalue weighted by atomic mass is 32.2. The first-order valence-corrected chi connectivity index (χ1v) is 15.6. The maximum Gasteiger partial charge on any atom is 0.281 e. The SMILES string of the molecule is CCOc1cc(-c2cccc(CC(C(N)=O)S(=O)(=O)N(C)C)c2)ccc1-c1nc2c(nnn2Cc2ccc(OC)cc2)c(=O)[nH]1. The number of carbonyl (C=O) groups is 1. The van der Waals surface area contributed by atoms with Crippen LogP contribution in [0.5, 0.6) is 11.5 Å². The van der Waals surface area contributed by atoms with E-state index in [9.17, 15) is 18.0 Å². The van der Waals surface area contributed by atoms with Crippen LogP contribution in [-0.2, 0) is 27.8 Å². The van der Waals surface area contributed by atoms with Crippen LogP contribution < -0.4 is 20.8 Å². The van der Waals surface area contributed by atoms with Gasteiger partial charge in [-0.15, -0.1) is 5.10 Å². The third-order valence-corrected chi connectivity index (χ3v) is 9.40. The monoisotopic (exact) mass is 631 g/mol. The summed E-state index contributed by atoms with van der Waals surface area (Å²) in [6, 6.07) is 20.1. The number of H-pyrrole nitrogens is 1. The van der Waals surface area contributed by atoms with Crippen molar-refractivity contribution < 1.29 is 22.7 Å². The van der Waals surface area contributed by atoms with Gasteiger partial charge >= 0.3 is 0 Å². The van der Waals surface area contributed by atoms with Crippen molar-refractivity contribution >= 4 is 27.1 Å². The second-order valence-electron chi connectivity index (χ2n) is 10.4. The second kappa shape index (κ2) is 12.9. The van der Waals surface area contributed by atoms with Gasteiger partial charge in [-0.05, 0) is 59.9 Å². The second-order valence-corrected chi connectivity index (χ2v) is 12.8. The predicted molar refractivity (Wildman–Crippen MR) is 169 cm³/mol. The van der Waals surface area contributed by atoms with Crippen LogP contribution in [0.15, 0.2) is 71.5 Å². The number of carbonyl (C=O) groups excluding carboxylic acids is 1. The Morgan fingerprint density at radius 2 is 1.78 bits per heavy atom. The highest BCUT2D eigenvalue weighted by Gasteiger charge is 2.33. The maximum atomic E-state index is 13.0. The number of aromatic nitrogens is 5. The van der Waals surface area contributed by atoms with Crippen LogP contribution in [0.2, 0.25) is 0 Å². The molecule has 0 saturated heterocycles. The third-order valence-electron chi connectivity index (χ3n) is 7.27. The van der Waals surface area contributed by atoms with E-state index >= 15 is 0 Å². The Hall–Kier alpha value is -5.08. The molecule has 0 aliphatic heterocycles. The van der Waals surface area contributed by atoms with E-state index in [1.54, 1.807) is 36.1 Å². The molecule has 3 N–H and O–H groups in total. The van der Waals surface area contributed by atoms with Crippen molar-refractivity contribution in [3.63, 3.8) is 0 Å². The van der Waals surface area contributed by atoms with Crippen molar-refractivity contribution in [2.75, 3.05) is 27.8 Å². The van der Waals surface area contributed by atoms with Gasteiger partial charge in [-0.1, -0.05) is 47.7 Å². The molecule has 1 unspecified atom stereocenters. The van der Waals surface area contributed by atoms with Gasteiger partial charge in [-0.25, -0.2) is 22.4 Å². The first-order valence-electron chi connectivity index (χ1n) is 14.1. The molecule has 0 spiro atoms. The number of rotatable bonds is 12.